The molecule has 0 aliphatic carbocycles. The van der Waals surface area contributed by atoms with Gasteiger partial charge in [0.1, 0.15) is 17.1 Å². The number of carbonyl (C=O) groups excluding carboxylic acids is 1. The number of carbonyl (C=O) groups is 1. The van der Waals surface area contributed by atoms with E-state index in [1.807, 2.05) is 19.1 Å². The Morgan fingerprint density at radius 1 is 1.12 bits per heavy atom. The van der Waals surface area contributed by atoms with Gasteiger partial charge in [-0.05, 0) is 55.7 Å². The second-order valence-electron chi connectivity index (χ2n) is 5.99. The molecule has 0 atom stereocenters. The molecule has 2 heterocycles. The van der Waals surface area contributed by atoms with Gasteiger partial charge in [-0.15, -0.1) is 0 Å². The predicted molar refractivity (Wildman–Crippen MR) is 91.2 cm³/mol. The number of furan rings is 1. The smallest absolute Gasteiger partial charge is 0.228 e. The van der Waals surface area contributed by atoms with E-state index >= 15 is 0 Å². The van der Waals surface area contributed by atoms with Gasteiger partial charge in [0.15, 0.2) is 5.76 Å². The number of hydrogen-bond donors (Lipinski definition) is 0. The molecule has 4 heteroatoms. The molecule has 122 valence electrons. The number of ketones is 1. The van der Waals surface area contributed by atoms with Crippen LogP contribution in [-0.4, -0.2) is 19.5 Å². The van der Waals surface area contributed by atoms with E-state index in [2.05, 4.69) is 0 Å². The minimum atomic E-state index is -0.129. The van der Waals surface area contributed by atoms with Gasteiger partial charge in [0.25, 0.3) is 0 Å². The van der Waals surface area contributed by atoms with Crippen LogP contribution in [0.3, 0.4) is 0 Å². The van der Waals surface area contributed by atoms with Crippen LogP contribution in [0.2, 0.25) is 0 Å². The average molecular weight is 322 g/mol. The number of rotatable bonds is 3. The van der Waals surface area contributed by atoms with Gasteiger partial charge in [0.2, 0.25) is 5.78 Å². The fourth-order valence-corrected chi connectivity index (χ4v) is 3.24. The number of methoxy groups -OCH3 is 1. The first-order valence-corrected chi connectivity index (χ1v) is 8.05. The molecule has 0 fully saturated rings. The average Bonchev–Trinajstić information content (AvgIpc) is 2.98. The van der Waals surface area contributed by atoms with Crippen LogP contribution >= 0.6 is 0 Å². The standard InChI is InChI=1S/C20H18O4/c1-12-17-16(10-7-14-4-3-11-23-20(14)17)24-19(12)18(21)13-5-8-15(22-2)9-6-13/h5-10H,3-4,11H2,1-2H3. The largest absolute Gasteiger partial charge is 0.497 e. The molecule has 0 bridgehead atoms. The number of hydrogen-bond acceptors (Lipinski definition) is 4. The highest BCUT2D eigenvalue weighted by atomic mass is 16.5. The van der Waals surface area contributed by atoms with E-state index in [0.717, 1.165) is 35.3 Å². The highest BCUT2D eigenvalue weighted by molar-refractivity contribution is 6.11. The first kappa shape index (κ1) is 14.8. The van der Waals surface area contributed by atoms with Crippen molar-refractivity contribution >= 4 is 16.8 Å². The summed E-state index contributed by atoms with van der Waals surface area (Å²) in [7, 11) is 1.60. The third-order valence-electron chi connectivity index (χ3n) is 4.52. The van der Waals surface area contributed by atoms with Gasteiger partial charge in [0.05, 0.1) is 19.1 Å². The van der Waals surface area contributed by atoms with Gasteiger partial charge in [0, 0.05) is 11.1 Å². The summed E-state index contributed by atoms with van der Waals surface area (Å²) in [4.78, 5) is 12.8. The lowest BCUT2D eigenvalue weighted by molar-refractivity contribution is 0.101. The van der Waals surface area contributed by atoms with Crippen molar-refractivity contribution in [2.75, 3.05) is 13.7 Å². The van der Waals surface area contributed by atoms with Crippen LogP contribution in [0.5, 0.6) is 11.5 Å². The van der Waals surface area contributed by atoms with Gasteiger partial charge >= 0.3 is 0 Å². The molecule has 4 rings (SSSR count). The number of fused-ring (bicyclic) bond motifs is 3. The molecule has 24 heavy (non-hydrogen) atoms. The second kappa shape index (κ2) is 5.71. The van der Waals surface area contributed by atoms with Crippen LogP contribution in [0.15, 0.2) is 40.8 Å². The highest BCUT2D eigenvalue weighted by Gasteiger charge is 2.24. The summed E-state index contributed by atoms with van der Waals surface area (Å²) in [5.41, 5.74) is 3.29. The maximum atomic E-state index is 12.8. The van der Waals surface area contributed by atoms with E-state index in [9.17, 15) is 4.79 Å². The van der Waals surface area contributed by atoms with Gasteiger partial charge < -0.3 is 13.9 Å². The van der Waals surface area contributed by atoms with E-state index in [1.165, 1.54) is 5.56 Å². The first-order chi connectivity index (χ1) is 11.7. The SMILES string of the molecule is COc1ccc(C(=O)c2oc3ccc4c(c3c2C)OCCC4)cc1. The van der Waals surface area contributed by atoms with E-state index in [0.29, 0.717) is 23.5 Å². The molecule has 3 aromatic rings. The quantitative estimate of drug-likeness (QED) is 0.674. The van der Waals surface area contributed by atoms with Crippen LogP contribution in [0.25, 0.3) is 11.0 Å². The molecule has 2 aromatic carbocycles. The van der Waals surface area contributed by atoms with E-state index in [4.69, 9.17) is 13.9 Å². The van der Waals surface area contributed by atoms with E-state index in [1.54, 1.807) is 31.4 Å². The zero-order chi connectivity index (χ0) is 16.7. The van der Waals surface area contributed by atoms with Crippen molar-refractivity contribution in [1.82, 2.24) is 0 Å². The van der Waals surface area contributed by atoms with Gasteiger partial charge in [-0.3, -0.25) is 4.79 Å². The van der Waals surface area contributed by atoms with Gasteiger partial charge in [-0.25, -0.2) is 0 Å². The number of ether oxygens (including phenoxy) is 2. The van der Waals surface area contributed by atoms with Crippen molar-refractivity contribution in [2.45, 2.75) is 19.8 Å². The minimum Gasteiger partial charge on any atom is -0.497 e. The third-order valence-corrected chi connectivity index (χ3v) is 4.52. The molecule has 0 amide bonds. The first-order valence-electron chi connectivity index (χ1n) is 8.05. The van der Waals surface area contributed by atoms with Crippen LogP contribution in [0, 0.1) is 6.92 Å². The fraction of sp³-hybridized carbons (Fsp3) is 0.250. The van der Waals surface area contributed by atoms with Gasteiger partial charge in [-0.2, -0.15) is 0 Å². The molecular formula is C20H18O4. The van der Waals surface area contributed by atoms with Crippen molar-refractivity contribution in [3.63, 3.8) is 0 Å². The predicted octanol–water partition coefficient (Wildman–Crippen LogP) is 4.31. The van der Waals surface area contributed by atoms with Gasteiger partial charge in [-0.1, -0.05) is 6.07 Å². The Morgan fingerprint density at radius 3 is 2.67 bits per heavy atom. The van der Waals surface area contributed by atoms with Crippen molar-refractivity contribution in [2.24, 2.45) is 0 Å². The highest BCUT2D eigenvalue weighted by Crippen LogP contribution is 2.38. The molecule has 0 saturated heterocycles. The monoisotopic (exact) mass is 322 g/mol. The molecule has 1 aliphatic rings. The Morgan fingerprint density at radius 2 is 1.92 bits per heavy atom. The number of aryl methyl sites for hydroxylation is 2. The number of benzene rings is 2. The van der Waals surface area contributed by atoms with Crippen LogP contribution < -0.4 is 9.47 Å². The van der Waals surface area contributed by atoms with Crippen molar-refractivity contribution in [1.29, 1.82) is 0 Å². The second-order valence-corrected chi connectivity index (χ2v) is 5.99. The normalized spacial score (nSPS) is 13.4. The molecule has 1 aromatic heterocycles. The summed E-state index contributed by atoms with van der Waals surface area (Å²) in [6, 6.07) is 11.0. The molecule has 0 unspecified atom stereocenters. The topological polar surface area (TPSA) is 48.7 Å². The molecule has 0 saturated carbocycles. The Bertz CT molecular complexity index is 919. The van der Waals surface area contributed by atoms with Crippen LogP contribution in [-0.2, 0) is 6.42 Å². The Labute approximate surface area is 140 Å². The molecule has 0 N–H and O–H groups in total. The fourth-order valence-electron chi connectivity index (χ4n) is 3.24. The summed E-state index contributed by atoms with van der Waals surface area (Å²) in [5.74, 6) is 1.83. The molecule has 0 radical (unpaired) electrons. The minimum absolute atomic E-state index is 0.129. The van der Waals surface area contributed by atoms with Crippen LogP contribution in [0.4, 0.5) is 0 Å². The lowest BCUT2D eigenvalue weighted by atomic mass is 10.00. The summed E-state index contributed by atoms with van der Waals surface area (Å²) in [6.45, 7) is 2.62. The zero-order valence-corrected chi connectivity index (χ0v) is 13.7. The maximum Gasteiger partial charge on any atom is 0.228 e. The molecular weight excluding hydrogens is 304 g/mol. The Kier molecular flexibility index (Phi) is 3.53. The summed E-state index contributed by atoms with van der Waals surface area (Å²) in [5, 5.41) is 0.920. The molecule has 1 aliphatic heterocycles. The molecule has 4 nitrogen and oxygen atoms in total. The van der Waals surface area contributed by atoms with Crippen molar-refractivity contribution in [3.05, 3.63) is 58.8 Å². The van der Waals surface area contributed by atoms with Crippen LogP contribution in [0.1, 0.15) is 33.7 Å². The van der Waals surface area contributed by atoms with Crippen molar-refractivity contribution in [3.8, 4) is 11.5 Å². The maximum absolute atomic E-state index is 12.8. The molecule has 0 spiro atoms. The lowest BCUT2D eigenvalue weighted by Crippen LogP contribution is -2.08. The summed E-state index contributed by atoms with van der Waals surface area (Å²) >= 11 is 0. The van der Waals surface area contributed by atoms with Crippen molar-refractivity contribution < 1.29 is 18.7 Å². The Balaban J connectivity index is 1.81. The summed E-state index contributed by atoms with van der Waals surface area (Å²) < 4.78 is 16.9. The Hall–Kier alpha value is -2.75. The lowest BCUT2D eigenvalue weighted by Gasteiger charge is -2.17. The zero-order valence-electron chi connectivity index (χ0n) is 13.7. The third kappa shape index (κ3) is 2.26. The van der Waals surface area contributed by atoms with E-state index < -0.39 is 0 Å². The van der Waals surface area contributed by atoms with E-state index in [-0.39, 0.29) is 5.78 Å². The summed E-state index contributed by atoms with van der Waals surface area (Å²) in [6.07, 6.45) is 2.02.